The number of carbonyl (C=O) groups is 1. The molecule has 0 atom stereocenters. The number of halogens is 5. The van der Waals surface area contributed by atoms with Gasteiger partial charge in [-0.15, -0.1) is 0 Å². The second-order valence-corrected chi connectivity index (χ2v) is 7.78. The molecule has 0 bridgehead atoms. The smallest absolute Gasteiger partial charge is 0.417 e. The predicted molar refractivity (Wildman–Crippen MR) is 112 cm³/mol. The van der Waals surface area contributed by atoms with E-state index < -0.39 is 11.7 Å². The molecule has 6 nitrogen and oxygen atoms in total. The molecule has 1 N–H and O–H groups in total. The summed E-state index contributed by atoms with van der Waals surface area (Å²) in [4.78, 5) is 18.4. The highest BCUT2D eigenvalue weighted by Crippen LogP contribution is 2.37. The number of methoxy groups -OCH3 is 2. The van der Waals surface area contributed by atoms with Crippen LogP contribution in [0.3, 0.4) is 0 Å². The van der Waals surface area contributed by atoms with Crippen molar-refractivity contribution in [2.45, 2.75) is 19.0 Å². The number of amides is 1. The highest BCUT2D eigenvalue weighted by atomic mass is 35.5. The van der Waals surface area contributed by atoms with Crippen LogP contribution in [-0.2, 0) is 11.0 Å². The lowest BCUT2D eigenvalue weighted by molar-refractivity contribution is -0.137. The van der Waals surface area contributed by atoms with Gasteiger partial charge in [-0.1, -0.05) is 23.2 Å². The van der Waals surface area contributed by atoms with Crippen LogP contribution < -0.4 is 19.7 Å². The lowest BCUT2D eigenvalue weighted by atomic mass is 9.95. The van der Waals surface area contributed by atoms with Crippen molar-refractivity contribution >= 4 is 40.6 Å². The largest absolute Gasteiger partial charge is 0.495 e. The van der Waals surface area contributed by atoms with E-state index in [0.717, 1.165) is 12.3 Å². The summed E-state index contributed by atoms with van der Waals surface area (Å²) < 4.78 is 48.9. The Hall–Kier alpha value is -2.39. The number of aromatic nitrogens is 1. The molecule has 0 unspecified atom stereocenters. The van der Waals surface area contributed by atoms with Gasteiger partial charge >= 0.3 is 6.18 Å². The van der Waals surface area contributed by atoms with Gasteiger partial charge in [0.05, 0.1) is 35.5 Å². The van der Waals surface area contributed by atoms with E-state index in [2.05, 4.69) is 10.3 Å². The minimum absolute atomic E-state index is 0.0734. The summed E-state index contributed by atoms with van der Waals surface area (Å²) >= 11 is 12.1. The summed E-state index contributed by atoms with van der Waals surface area (Å²) in [5.74, 6) is 0.579. The molecule has 31 heavy (non-hydrogen) atoms. The van der Waals surface area contributed by atoms with Crippen molar-refractivity contribution in [3.05, 3.63) is 40.0 Å². The van der Waals surface area contributed by atoms with Gasteiger partial charge in [0.2, 0.25) is 5.91 Å². The zero-order valence-corrected chi connectivity index (χ0v) is 18.2. The van der Waals surface area contributed by atoms with Crippen LogP contribution in [0, 0.1) is 5.92 Å². The molecule has 11 heteroatoms. The van der Waals surface area contributed by atoms with Gasteiger partial charge in [0, 0.05) is 37.3 Å². The number of nitrogens with one attached hydrogen (secondary N) is 1. The molecule has 0 saturated carbocycles. The Morgan fingerprint density at radius 3 is 2.29 bits per heavy atom. The molecule has 0 aliphatic carbocycles. The predicted octanol–water partition coefficient (Wildman–Crippen LogP) is 5.28. The minimum atomic E-state index is -4.51. The van der Waals surface area contributed by atoms with Crippen molar-refractivity contribution in [1.29, 1.82) is 0 Å². The summed E-state index contributed by atoms with van der Waals surface area (Å²) in [6.45, 7) is 0.856. The van der Waals surface area contributed by atoms with E-state index in [9.17, 15) is 18.0 Å². The third-order valence-corrected chi connectivity index (χ3v) is 5.62. The van der Waals surface area contributed by atoms with E-state index in [1.54, 1.807) is 17.0 Å². The summed E-state index contributed by atoms with van der Waals surface area (Å²) in [5.41, 5.74) is -0.466. The van der Waals surface area contributed by atoms with Gasteiger partial charge in [-0.3, -0.25) is 4.79 Å². The van der Waals surface area contributed by atoms with Crippen LogP contribution in [0.1, 0.15) is 18.4 Å². The first-order valence-electron chi connectivity index (χ1n) is 9.34. The maximum absolute atomic E-state index is 12.8. The van der Waals surface area contributed by atoms with Crippen LogP contribution in [-0.4, -0.2) is 38.2 Å². The van der Waals surface area contributed by atoms with E-state index in [-0.39, 0.29) is 22.7 Å². The molecule has 2 heterocycles. The van der Waals surface area contributed by atoms with Crippen LogP contribution in [0.2, 0.25) is 10.0 Å². The van der Waals surface area contributed by atoms with E-state index in [1.165, 1.54) is 14.2 Å². The molecule has 1 aliphatic rings. The number of hydrogen-bond acceptors (Lipinski definition) is 5. The van der Waals surface area contributed by atoms with Gasteiger partial charge in [0.15, 0.2) is 0 Å². The lowest BCUT2D eigenvalue weighted by Crippen LogP contribution is -2.38. The minimum Gasteiger partial charge on any atom is -0.495 e. The Kier molecular flexibility index (Phi) is 7.06. The fourth-order valence-electron chi connectivity index (χ4n) is 3.36. The Labute approximate surface area is 187 Å². The fraction of sp³-hybridized carbons (Fsp3) is 0.400. The molecule has 3 rings (SSSR count). The van der Waals surface area contributed by atoms with Gasteiger partial charge in [-0.2, -0.15) is 13.2 Å². The number of alkyl halides is 3. The van der Waals surface area contributed by atoms with Crippen LogP contribution in [0.4, 0.5) is 24.7 Å². The van der Waals surface area contributed by atoms with Gasteiger partial charge < -0.3 is 19.7 Å². The van der Waals surface area contributed by atoms with Crippen LogP contribution in [0.25, 0.3) is 0 Å². The van der Waals surface area contributed by atoms with Crippen LogP contribution >= 0.6 is 23.2 Å². The number of carbonyl (C=O) groups excluding carboxylic acids is 1. The Balaban J connectivity index is 1.66. The van der Waals surface area contributed by atoms with Crippen molar-refractivity contribution in [2.24, 2.45) is 5.92 Å². The summed E-state index contributed by atoms with van der Waals surface area (Å²) in [6, 6.07) is 4.00. The van der Waals surface area contributed by atoms with E-state index in [1.807, 2.05) is 0 Å². The number of hydrogen-bond donors (Lipinski definition) is 1. The summed E-state index contributed by atoms with van der Waals surface area (Å²) in [6.07, 6.45) is -2.78. The Bertz CT molecular complexity index is 965. The van der Waals surface area contributed by atoms with E-state index >= 15 is 0 Å². The molecule has 168 valence electrons. The van der Waals surface area contributed by atoms with Crippen molar-refractivity contribution in [3.8, 4) is 11.5 Å². The molecule has 1 aromatic carbocycles. The van der Waals surface area contributed by atoms with Gasteiger partial charge in [-0.25, -0.2) is 4.98 Å². The SMILES string of the molecule is COc1cc(NC(=O)C2CCN(c3ncc(C(F)(F)F)cc3Cl)CC2)c(OC)cc1Cl. The second-order valence-electron chi connectivity index (χ2n) is 6.96. The van der Waals surface area contributed by atoms with Crippen molar-refractivity contribution in [2.75, 3.05) is 37.5 Å². The molecule has 1 aromatic heterocycles. The first kappa shape index (κ1) is 23.3. The van der Waals surface area contributed by atoms with Crippen LogP contribution in [0.5, 0.6) is 11.5 Å². The molecule has 0 radical (unpaired) electrons. The molecule has 1 amide bonds. The monoisotopic (exact) mass is 477 g/mol. The number of anilines is 2. The normalized spacial score (nSPS) is 15.0. The standard InChI is InChI=1S/C20H20Cl2F3N3O3/c1-30-16-9-15(17(31-2)8-13(16)21)27-19(29)11-3-5-28(6-4-11)18-14(22)7-12(10-26-18)20(23,24)25/h7-11H,3-6H2,1-2H3,(H,27,29). The summed E-state index contributed by atoms with van der Waals surface area (Å²) in [7, 11) is 2.93. The van der Waals surface area contributed by atoms with Gasteiger partial charge in [0.25, 0.3) is 0 Å². The number of piperidine rings is 1. The van der Waals surface area contributed by atoms with Crippen molar-refractivity contribution in [1.82, 2.24) is 4.98 Å². The third kappa shape index (κ3) is 5.27. The number of nitrogens with zero attached hydrogens (tertiary/aromatic N) is 2. The van der Waals surface area contributed by atoms with Crippen molar-refractivity contribution < 1.29 is 27.4 Å². The number of ether oxygens (including phenoxy) is 2. The molecular weight excluding hydrogens is 458 g/mol. The number of rotatable bonds is 5. The molecule has 1 aliphatic heterocycles. The van der Waals surface area contributed by atoms with Crippen molar-refractivity contribution in [3.63, 3.8) is 0 Å². The number of pyridine rings is 1. The number of benzene rings is 1. The maximum atomic E-state index is 12.8. The third-order valence-electron chi connectivity index (χ3n) is 5.05. The van der Waals surface area contributed by atoms with Crippen LogP contribution in [0.15, 0.2) is 24.4 Å². The molecule has 1 saturated heterocycles. The highest BCUT2D eigenvalue weighted by molar-refractivity contribution is 6.33. The first-order chi connectivity index (χ1) is 14.6. The average Bonchev–Trinajstić information content (AvgIpc) is 2.74. The molecular formula is C20H20Cl2F3N3O3. The lowest BCUT2D eigenvalue weighted by Gasteiger charge is -2.32. The Morgan fingerprint density at radius 2 is 1.74 bits per heavy atom. The molecule has 0 spiro atoms. The first-order valence-corrected chi connectivity index (χ1v) is 10.1. The zero-order chi connectivity index (χ0) is 22.8. The maximum Gasteiger partial charge on any atom is 0.417 e. The van der Waals surface area contributed by atoms with Gasteiger partial charge in [0.1, 0.15) is 17.3 Å². The highest BCUT2D eigenvalue weighted by Gasteiger charge is 2.33. The average molecular weight is 478 g/mol. The quantitative estimate of drug-likeness (QED) is 0.634. The Morgan fingerprint density at radius 1 is 1.10 bits per heavy atom. The summed E-state index contributed by atoms with van der Waals surface area (Å²) in [5, 5.41) is 3.12. The van der Waals surface area contributed by atoms with E-state index in [4.69, 9.17) is 32.7 Å². The van der Waals surface area contributed by atoms with E-state index in [0.29, 0.717) is 48.1 Å². The fourth-order valence-corrected chi connectivity index (χ4v) is 3.88. The van der Waals surface area contributed by atoms with Gasteiger partial charge in [-0.05, 0) is 18.9 Å². The zero-order valence-electron chi connectivity index (χ0n) is 16.7. The molecule has 1 fully saturated rings. The second kappa shape index (κ2) is 9.40. The topological polar surface area (TPSA) is 63.7 Å². The molecule has 2 aromatic rings.